The molecule has 1 N–H and O–H groups in total. The van der Waals surface area contributed by atoms with Gasteiger partial charge < -0.3 is 4.89 Å². The minimum Gasteiger partial charge on any atom is -0.316 e. The van der Waals surface area contributed by atoms with Gasteiger partial charge in [-0.3, -0.25) is 4.52 Å². The van der Waals surface area contributed by atoms with Crippen LogP contribution >= 0.6 is 40.6 Å². The van der Waals surface area contributed by atoms with Crippen molar-refractivity contribution < 1.29 is 14.0 Å². The van der Waals surface area contributed by atoms with Crippen molar-refractivity contribution in [1.29, 1.82) is 0 Å². The van der Waals surface area contributed by atoms with Crippen molar-refractivity contribution >= 4 is 40.6 Å². The van der Waals surface area contributed by atoms with Gasteiger partial charge in [0.2, 0.25) is 0 Å². The molecule has 0 rings (SSSR count). The summed E-state index contributed by atoms with van der Waals surface area (Å²) in [5, 5.41) is 0. The fourth-order valence-electron chi connectivity index (χ4n) is 0.211. The molecule has 0 saturated heterocycles. The van der Waals surface area contributed by atoms with Crippen LogP contribution in [0, 0.1) is 0 Å². The van der Waals surface area contributed by atoms with E-state index in [1.807, 2.05) is 6.92 Å². The number of rotatable bonds is 5. The molecule has 3 nitrogen and oxygen atoms in total. The standard InChI is InChI=1S/C3H9O3PS3/c1-2-9-3-6-7(4,5)10-8/h8H,2-3H2,1H3,(H,4,5). The molecule has 0 amide bonds. The number of thiol groups is 1. The predicted octanol–water partition coefficient (Wildman–Crippen LogP) is 2.39. The Balaban J connectivity index is 3.38. The first-order valence-corrected chi connectivity index (χ1v) is 7.71. The second kappa shape index (κ2) is 5.80. The minimum atomic E-state index is -3.44. The summed E-state index contributed by atoms with van der Waals surface area (Å²) in [4.78, 5) is 8.76. The molecule has 0 aromatic rings. The van der Waals surface area contributed by atoms with Gasteiger partial charge in [0.05, 0.1) is 0 Å². The maximum absolute atomic E-state index is 10.7. The maximum atomic E-state index is 10.7. The lowest BCUT2D eigenvalue weighted by atomic mass is 11.0. The third-order valence-electron chi connectivity index (χ3n) is 0.606. The number of hydrogen-bond donors (Lipinski definition) is 2. The van der Waals surface area contributed by atoms with Gasteiger partial charge in [-0.05, 0) is 5.75 Å². The third kappa shape index (κ3) is 5.95. The van der Waals surface area contributed by atoms with E-state index in [4.69, 9.17) is 4.89 Å². The highest BCUT2D eigenvalue weighted by molar-refractivity contribution is 8.93. The molecule has 0 aliphatic rings. The highest BCUT2D eigenvalue weighted by Crippen LogP contribution is 2.57. The monoisotopic (exact) mass is 220 g/mol. The molecule has 0 fully saturated rings. The Morgan fingerprint density at radius 1 is 1.80 bits per heavy atom. The molecule has 0 saturated carbocycles. The molecule has 0 spiro atoms. The average Bonchev–Trinajstić information content (AvgIpc) is 1.89. The van der Waals surface area contributed by atoms with Crippen LogP contribution in [0.3, 0.4) is 0 Å². The summed E-state index contributed by atoms with van der Waals surface area (Å²) in [5.74, 6) is 1.12. The van der Waals surface area contributed by atoms with Crippen molar-refractivity contribution in [2.45, 2.75) is 6.92 Å². The van der Waals surface area contributed by atoms with Gasteiger partial charge in [-0.1, -0.05) is 18.6 Å². The third-order valence-corrected chi connectivity index (χ3v) is 4.93. The van der Waals surface area contributed by atoms with Crippen molar-refractivity contribution in [3.8, 4) is 0 Å². The SMILES string of the molecule is CCSCOP(=O)(O)SS. The zero-order valence-corrected chi connectivity index (χ0v) is 8.81. The van der Waals surface area contributed by atoms with Crippen molar-refractivity contribution in [2.75, 3.05) is 11.7 Å². The van der Waals surface area contributed by atoms with E-state index in [-0.39, 0.29) is 5.94 Å². The Bertz CT molecular complexity index is 130. The van der Waals surface area contributed by atoms with Crippen molar-refractivity contribution in [3.05, 3.63) is 0 Å². The fraction of sp³-hybridized carbons (Fsp3) is 1.00. The lowest BCUT2D eigenvalue weighted by molar-refractivity contribution is 0.324. The summed E-state index contributed by atoms with van der Waals surface area (Å²) in [7, 11) is 0.548. The van der Waals surface area contributed by atoms with Gasteiger partial charge in [0.1, 0.15) is 5.94 Å². The highest BCUT2D eigenvalue weighted by atomic mass is 33.3. The molecule has 0 aliphatic carbocycles. The Morgan fingerprint density at radius 3 is 2.80 bits per heavy atom. The first-order valence-electron chi connectivity index (χ1n) is 2.50. The van der Waals surface area contributed by atoms with Gasteiger partial charge in [-0.15, -0.1) is 11.8 Å². The Labute approximate surface area is 73.4 Å². The average molecular weight is 220 g/mol. The van der Waals surface area contributed by atoms with Gasteiger partial charge in [0, 0.05) is 10.4 Å². The van der Waals surface area contributed by atoms with Gasteiger partial charge >= 0.3 is 6.80 Å². The zero-order valence-electron chi connectivity index (χ0n) is 5.39. The summed E-state index contributed by atoms with van der Waals surface area (Å²) < 4.78 is 15.2. The fourth-order valence-corrected chi connectivity index (χ4v) is 2.21. The van der Waals surface area contributed by atoms with Crippen LogP contribution in [-0.2, 0) is 9.09 Å². The molecular formula is C3H9O3PS3. The van der Waals surface area contributed by atoms with Crippen LogP contribution in [0.15, 0.2) is 0 Å². The van der Waals surface area contributed by atoms with Crippen LogP contribution < -0.4 is 0 Å². The molecule has 62 valence electrons. The van der Waals surface area contributed by atoms with Crippen molar-refractivity contribution in [1.82, 2.24) is 0 Å². The summed E-state index contributed by atoms with van der Waals surface area (Å²) in [6.07, 6.45) is 0. The number of thioether (sulfide) groups is 1. The van der Waals surface area contributed by atoms with Crippen molar-refractivity contribution in [2.24, 2.45) is 0 Å². The van der Waals surface area contributed by atoms with Gasteiger partial charge in [0.15, 0.2) is 0 Å². The van der Waals surface area contributed by atoms with Crippen LogP contribution in [0.4, 0.5) is 0 Å². The highest BCUT2D eigenvalue weighted by Gasteiger charge is 2.17. The van der Waals surface area contributed by atoms with Gasteiger partial charge in [-0.25, -0.2) is 4.57 Å². The molecule has 1 unspecified atom stereocenters. The van der Waals surface area contributed by atoms with E-state index in [9.17, 15) is 4.57 Å². The molecule has 10 heavy (non-hydrogen) atoms. The normalized spacial score (nSPS) is 16.7. The summed E-state index contributed by atoms with van der Waals surface area (Å²) in [6, 6.07) is 0. The van der Waals surface area contributed by atoms with Crippen LogP contribution in [0.5, 0.6) is 0 Å². The second-order valence-corrected chi connectivity index (χ2v) is 7.21. The van der Waals surface area contributed by atoms with E-state index in [0.29, 0.717) is 10.4 Å². The Morgan fingerprint density at radius 2 is 2.40 bits per heavy atom. The molecule has 0 aromatic carbocycles. The smallest absolute Gasteiger partial charge is 0.316 e. The van der Waals surface area contributed by atoms with E-state index in [2.05, 4.69) is 16.2 Å². The van der Waals surface area contributed by atoms with Crippen LogP contribution in [0.25, 0.3) is 0 Å². The quantitative estimate of drug-likeness (QED) is 0.245. The molecule has 7 heteroatoms. The molecule has 0 aliphatic heterocycles. The van der Waals surface area contributed by atoms with Crippen LogP contribution in [-0.4, -0.2) is 16.6 Å². The van der Waals surface area contributed by atoms with Crippen molar-refractivity contribution in [3.63, 3.8) is 0 Å². The Hall–Kier alpha value is 1.20. The largest absolute Gasteiger partial charge is 0.397 e. The maximum Gasteiger partial charge on any atom is 0.397 e. The first-order chi connectivity index (χ1) is 4.62. The van der Waals surface area contributed by atoms with E-state index in [1.54, 1.807) is 0 Å². The van der Waals surface area contributed by atoms with E-state index < -0.39 is 6.80 Å². The summed E-state index contributed by atoms with van der Waals surface area (Å²) in [6.45, 7) is -1.49. The molecule has 0 radical (unpaired) electrons. The first kappa shape index (κ1) is 11.2. The summed E-state index contributed by atoms with van der Waals surface area (Å²) >= 11 is 5.02. The van der Waals surface area contributed by atoms with Crippen LogP contribution in [0.1, 0.15) is 6.92 Å². The van der Waals surface area contributed by atoms with Gasteiger partial charge in [0.25, 0.3) is 0 Å². The molecule has 1 atom stereocenters. The van der Waals surface area contributed by atoms with Gasteiger partial charge in [-0.2, -0.15) is 0 Å². The molecule has 0 heterocycles. The molecule has 0 aromatic heterocycles. The lowest BCUT2D eigenvalue weighted by Crippen LogP contribution is -1.84. The summed E-state index contributed by atoms with van der Waals surface area (Å²) in [5.41, 5.74) is 0. The molecular weight excluding hydrogens is 211 g/mol. The predicted molar refractivity (Wildman–Crippen MR) is 50.5 cm³/mol. The van der Waals surface area contributed by atoms with Crippen LogP contribution in [0.2, 0.25) is 0 Å². The van der Waals surface area contributed by atoms with E-state index >= 15 is 0 Å². The topological polar surface area (TPSA) is 46.5 Å². The zero-order chi connectivity index (χ0) is 8.04. The van der Waals surface area contributed by atoms with E-state index in [1.165, 1.54) is 11.8 Å². The second-order valence-electron chi connectivity index (χ2n) is 1.29. The molecule has 0 bridgehead atoms. The lowest BCUT2D eigenvalue weighted by Gasteiger charge is -2.05. The number of hydrogen-bond acceptors (Lipinski definition) is 5. The Kier molecular flexibility index (Phi) is 6.50. The van der Waals surface area contributed by atoms with E-state index in [0.717, 1.165) is 5.75 Å². The minimum absolute atomic E-state index is 0.248.